The summed E-state index contributed by atoms with van der Waals surface area (Å²) in [5.74, 6) is 0. The van der Waals surface area contributed by atoms with Crippen molar-refractivity contribution in [3.63, 3.8) is 0 Å². The van der Waals surface area contributed by atoms with Gasteiger partial charge in [0.1, 0.15) is 0 Å². The molecule has 2 aromatic carbocycles. The van der Waals surface area contributed by atoms with Crippen LogP contribution in [0.15, 0.2) is 54.7 Å². The number of nitrogens with zero attached hydrogens (tertiary/aromatic N) is 1. The van der Waals surface area contributed by atoms with E-state index in [1.54, 1.807) is 0 Å². The number of fused-ring (bicyclic) bond motifs is 1. The number of halogens is 1. The molecule has 25 heavy (non-hydrogen) atoms. The predicted molar refractivity (Wildman–Crippen MR) is 104 cm³/mol. The van der Waals surface area contributed by atoms with Crippen LogP contribution in [0.2, 0.25) is 5.02 Å². The van der Waals surface area contributed by atoms with Crippen molar-refractivity contribution < 1.29 is 5.11 Å². The molecule has 0 unspecified atom stereocenters. The topological polar surface area (TPSA) is 49.2 Å². The fraction of sp³-hybridized carbons (Fsp3) is 0.300. The van der Waals surface area contributed by atoms with Gasteiger partial charge in [0.15, 0.2) is 0 Å². The second-order valence-corrected chi connectivity index (χ2v) is 6.45. The zero-order chi connectivity index (χ0) is 17.5. The van der Waals surface area contributed by atoms with Gasteiger partial charge in [0, 0.05) is 54.8 Å². The van der Waals surface area contributed by atoms with Crippen molar-refractivity contribution in [1.29, 1.82) is 0 Å². The summed E-state index contributed by atoms with van der Waals surface area (Å²) in [7, 11) is 0. The lowest BCUT2D eigenvalue weighted by Gasteiger charge is -2.07. The Hall–Kier alpha value is -1.85. The summed E-state index contributed by atoms with van der Waals surface area (Å²) < 4.78 is 2.26. The van der Waals surface area contributed by atoms with Gasteiger partial charge in [-0.1, -0.05) is 48.0 Å². The molecule has 0 aliphatic carbocycles. The quantitative estimate of drug-likeness (QED) is 0.516. The SMILES string of the molecule is OCCNCCNCc1cn(Cc2ccccc2Cl)c2ccccc12. The van der Waals surface area contributed by atoms with Gasteiger partial charge in [0.25, 0.3) is 0 Å². The van der Waals surface area contributed by atoms with Crippen molar-refractivity contribution in [1.82, 2.24) is 15.2 Å². The molecule has 4 nitrogen and oxygen atoms in total. The Morgan fingerprint density at radius 1 is 0.880 bits per heavy atom. The Morgan fingerprint density at radius 3 is 2.48 bits per heavy atom. The molecule has 0 radical (unpaired) electrons. The summed E-state index contributed by atoms with van der Waals surface area (Å²) in [6, 6.07) is 16.5. The zero-order valence-electron chi connectivity index (χ0n) is 14.2. The number of rotatable bonds is 9. The molecule has 1 aromatic heterocycles. The lowest BCUT2D eigenvalue weighted by atomic mass is 10.2. The van der Waals surface area contributed by atoms with Crippen LogP contribution in [0, 0.1) is 0 Å². The van der Waals surface area contributed by atoms with E-state index in [4.69, 9.17) is 16.7 Å². The summed E-state index contributed by atoms with van der Waals surface area (Å²) in [6.45, 7) is 4.10. The smallest absolute Gasteiger partial charge is 0.0555 e. The maximum Gasteiger partial charge on any atom is 0.0555 e. The average Bonchev–Trinajstić information content (AvgIpc) is 2.98. The molecule has 0 saturated carbocycles. The third-order valence-electron chi connectivity index (χ3n) is 4.25. The number of aliphatic hydroxyl groups is 1. The largest absolute Gasteiger partial charge is 0.395 e. The van der Waals surface area contributed by atoms with E-state index in [-0.39, 0.29) is 6.61 Å². The van der Waals surface area contributed by atoms with Crippen molar-refractivity contribution in [2.75, 3.05) is 26.2 Å². The molecule has 0 aliphatic heterocycles. The predicted octanol–water partition coefficient (Wildman–Crippen LogP) is 3.01. The first-order chi connectivity index (χ1) is 12.3. The molecule has 5 heteroatoms. The second-order valence-electron chi connectivity index (χ2n) is 6.04. The Kier molecular flexibility index (Phi) is 6.48. The maximum atomic E-state index is 8.77. The van der Waals surface area contributed by atoms with E-state index in [0.717, 1.165) is 36.8 Å². The molecule has 0 saturated heterocycles. The molecule has 0 fully saturated rings. The minimum atomic E-state index is 0.176. The number of benzene rings is 2. The van der Waals surface area contributed by atoms with E-state index < -0.39 is 0 Å². The summed E-state index contributed by atoms with van der Waals surface area (Å²) in [4.78, 5) is 0. The minimum absolute atomic E-state index is 0.176. The molecule has 3 aromatic rings. The maximum absolute atomic E-state index is 8.77. The average molecular weight is 358 g/mol. The lowest BCUT2D eigenvalue weighted by molar-refractivity contribution is 0.292. The van der Waals surface area contributed by atoms with E-state index in [1.165, 1.54) is 16.5 Å². The van der Waals surface area contributed by atoms with Crippen LogP contribution in [0.1, 0.15) is 11.1 Å². The van der Waals surface area contributed by atoms with Gasteiger partial charge in [-0.25, -0.2) is 0 Å². The molecular formula is C20H24ClN3O. The van der Waals surface area contributed by atoms with Gasteiger partial charge < -0.3 is 20.3 Å². The van der Waals surface area contributed by atoms with Crippen LogP contribution in [0.5, 0.6) is 0 Å². The lowest BCUT2D eigenvalue weighted by Crippen LogP contribution is -2.28. The van der Waals surface area contributed by atoms with Crippen LogP contribution in [-0.2, 0) is 13.1 Å². The minimum Gasteiger partial charge on any atom is -0.395 e. The molecule has 0 atom stereocenters. The van der Waals surface area contributed by atoms with E-state index in [0.29, 0.717) is 6.54 Å². The Labute approximate surface area is 153 Å². The van der Waals surface area contributed by atoms with Crippen molar-refractivity contribution in [2.45, 2.75) is 13.1 Å². The molecule has 0 spiro atoms. The number of aliphatic hydroxyl groups excluding tert-OH is 1. The first-order valence-corrected chi connectivity index (χ1v) is 9.00. The summed E-state index contributed by atoms with van der Waals surface area (Å²) in [5, 5.41) is 17.5. The number of hydrogen-bond donors (Lipinski definition) is 3. The summed E-state index contributed by atoms with van der Waals surface area (Å²) >= 11 is 6.33. The highest BCUT2D eigenvalue weighted by Crippen LogP contribution is 2.24. The van der Waals surface area contributed by atoms with E-state index in [1.807, 2.05) is 18.2 Å². The Morgan fingerprint density at radius 2 is 1.64 bits per heavy atom. The van der Waals surface area contributed by atoms with Gasteiger partial charge in [0.05, 0.1) is 6.61 Å². The highest BCUT2D eigenvalue weighted by molar-refractivity contribution is 6.31. The normalized spacial score (nSPS) is 11.3. The van der Waals surface area contributed by atoms with Crippen LogP contribution >= 0.6 is 11.6 Å². The third kappa shape index (κ3) is 4.61. The standard InChI is InChI=1S/C20H24ClN3O/c21-19-7-3-1-5-16(19)14-24-15-17(13-23-10-9-22-11-12-25)18-6-2-4-8-20(18)24/h1-8,15,22-23,25H,9-14H2. The van der Waals surface area contributed by atoms with Gasteiger partial charge in [-0.15, -0.1) is 0 Å². The highest BCUT2D eigenvalue weighted by atomic mass is 35.5. The van der Waals surface area contributed by atoms with Gasteiger partial charge >= 0.3 is 0 Å². The molecule has 0 amide bonds. The number of nitrogens with one attached hydrogen (secondary N) is 2. The molecule has 0 bridgehead atoms. The first-order valence-electron chi connectivity index (χ1n) is 8.62. The molecule has 3 rings (SSSR count). The molecule has 1 heterocycles. The van der Waals surface area contributed by atoms with Gasteiger partial charge in [-0.3, -0.25) is 0 Å². The van der Waals surface area contributed by atoms with Crippen LogP contribution in [0.4, 0.5) is 0 Å². The first kappa shape index (κ1) is 18.0. The Balaban J connectivity index is 1.73. The molecule has 132 valence electrons. The van der Waals surface area contributed by atoms with Crippen LogP contribution in [-0.4, -0.2) is 35.9 Å². The fourth-order valence-corrected chi connectivity index (χ4v) is 3.20. The van der Waals surface area contributed by atoms with Gasteiger partial charge in [-0.2, -0.15) is 0 Å². The van der Waals surface area contributed by atoms with Crippen molar-refractivity contribution in [2.24, 2.45) is 0 Å². The van der Waals surface area contributed by atoms with Crippen molar-refractivity contribution in [3.05, 3.63) is 70.9 Å². The van der Waals surface area contributed by atoms with E-state index in [9.17, 15) is 0 Å². The Bertz CT molecular complexity index is 816. The highest BCUT2D eigenvalue weighted by Gasteiger charge is 2.09. The summed E-state index contributed by atoms with van der Waals surface area (Å²) in [5.41, 5.74) is 3.63. The van der Waals surface area contributed by atoms with Crippen molar-refractivity contribution in [3.8, 4) is 0 Å². The van der Waals surface area contributed by atoms with Gasteiger partial charge in [-0.05, 0) is 23.3 Å². The van der Waals surface area contributed by atoms with Crippen molar-refractivity contribution >= 4 is 22.5 Å². The molecule has 3 N–H and O–H groups in total. The van der Waals surface area contributed by atoms with Crippen LogP contribution < -0.4 is 10.6 Å². The molecule has 0 aliphatic rings. The third-order valence-corrected chi connectivity index (χ3v) is 4.62. The monoisotopic (exact) mass is 357 g/mol. The summed E-state index contributed by atoms with van der Waals surface area (Å²) in [6.07, 6.45) is 2.21. The van der Waals surface area contributed by atoms with Crippen LogP contribution in [0.3, 0.4) is 0 Å². The second kappa shape index (κ2) is 9.02. The number of para-hydroxylation sites is 1. The zero-order valence-corrected chi connectivity index (χ0v) is 15.0. The van der Waals surface area contributed by atoms with Crippen LogP contribution in [0.25, 0.3) is 10.9 Å². The fourth-order valence-electron chi connectivity index (χ4n) is 3.01. The molecular weight excluding hydrogens is 334 g/mol. The van der Waals surface area contributed by atoms with Gasteiger partial charge in [0.2, 0.25) is 0 Å². The van der Waals surface area contributed by atoms with E-state index in [2.05, 4.69) is 51.7 Å². The van der Waals surface area contributed by atoms with E-state index >= 15 is 0 Å². The number of aromatic nitrogens is 1. The number of hydrogen-bond acceptors (Lipinski definition) is 3.